The highest BCUT2D eigenvalue weighted by Crippen LogP contribution is 2.51. The maximum absolute atomic E-state index is 13.7. The normalized spacial score (nSPS) is 19.7. The molecule has 0 spiro atoms. The summed E-state index contributed by atoms with van der Waals surface area (Å²) in [5.41, 5.74) is 1.38. The second-order valence-electron chi connectivity index (χ2n) is 3.64. The zero-order chi connectivity index (χ0) is 11.8. The van der Waals surface area contributed by atoms with Gasteiger partial charge < -0.3 is 0 Å². The summed E-state index contributed by atoms with van der Waals surface area (Å²) in [6.45, 7) is 0. The fraction of sp³-hybridized carbons (Fsp3) is 0.300. The lowest BCUT2D eigenvalue weighted by Gasteiger charge is -2.17. The molecule has 1 aromatic rings. The Balaban J connectivity index is 2.52. The molecule has 3 N–H and O–H groups in total. The van der Waals surface area contributed by atoms with Gasteiger partial charge in [0.2, 0.25) is 0 Å². The van der Waals surface area contributed by atoms with E-state index in [1.807, 2.05) is 5.48 Å². The average Bonchev–Trinajstić information content (AvgIpc) is 3.01. The van der Waals surface area contributed by atoms with Crippen molar-refractivity contribution >= 4 is 17.4 Å². The largest absolute Gasteiger partial charge is 0.290 e. The molecule has 15 heavy (non-hydrogen) atoms. The molecule has 0 amide bonds. The third kappa shape index (κ3) is 1.50. The summed E-state index contributed by atoms with van der Waals surface area (Å²) < 4.78 is 20.7. The van der Waals surface area contributed by atoms with E-state index in [1.54, 1.807) is 6.07 Å². The molecule has 1 saturated carbocycles. The van der Waals surface area contributed by atoms with E-state index >= 15 is 0 Å². The maximum atomic E-state index is 13.7. The van der Waals surface area contributed by atoms with Gasteiger partial charge in [0.05, 0.1) is 5.41 Å². The van der Waals surface area contributed by atoms with Gasteiger partial charge >= 0.3 is 0 Å². The first-order valence-corrected chi connectivity index (χ1v) is 4.90. The van der Waals surface area contributed by atoms with Gasteiger partial charge in [0.15, 0.2) is 1.41 Å². The summed E-state index contributed by atoms with van der Waals surface area (Å²) in [7, 11) is 0. The SMILES string of the molecule is [H]/N=C(\NO)C1(c2c(F)cccc2Cl)CC1. The number of rotatable bonds is 2. The highest BCUT2D eigenvalue weighted by Gasteiger charge is 2.51. The number of hydrogen-bond donors (Lipinski definition) is 3. The standard InChI is InChI=1S/C10H10ClFN2O/c11-6-2-1-3-7(12)8(6)10(4-5-10)9(13)14-15/h1-3,15H,4-5H2,(H2,13,14). The Hall–Kier alpha value is -1.13. The molecule has 1 fully saturated rings. The summed E-state index contributed by atoms with van der Waals surface area (Å²) in [6, 6.07) is 4.40. The maximum Gasteiger partial charge on any atom is 0.189 e. The van der Waals surface area contributed by atoms with Crippen molar-refractivity contribution in [3.63, 3.8) is 0 Å². The number of halogens is 2. The number of nitrogens with one attached hydrogen (secondary N) is 2. The summed E-state index contributed by atoms with van der Waals surface area (Å²) in [6.07, 6.45) is 1.22. The van der Waals surface area contributed by atoms with Crippen LogP contribution in [0, 0.1) is 11.2 Å². The lowest BCUT2D eigenvalue weighted by Crippen LogP contribution is -2.32. The van der Waals surface area contributed by atoms with Gasteiger partial charge in [0, 0.05) is 10.6 Å². The average molecular weight is 229 g/mol. The van der Waals surface area contributed by atoms with Crippen molar-refractivity contribution < 1.29 is 11.0 Å². The van der Waals surface area contributed by atoms with Gasteiger partial charge in [-0.05, 0) is 25.0 Å². The van der Waals surface area contributed by atoms with Gasteiger partial charge in [-0.3, -0.25) is 16.1 Å². The molecule has 0 saturated heterocycles. The van der Waals surface area contributed by atoms with Crippen LogP contribution in [0.2, 0.25) is 6.43 Å². The van der Waals surface area contributed by atoms with Crippen LogP contribution in [-0.2, 0) is 5.41 Å². The Morgan fingerprint density at radius 1 is 1.67 bits per heavy atom. The molecule has 0 aliphatic heterocycles. The summed E-state index contributed by atoms with van der Waals surface area (Å²) in [5.74, 6) is -0.416. The zero-order valence-electron chi connectivity index (χ0n) is 8.80. The molecule has 0 atom stereocenters. The Labute approximate surface area is 92.8 Å². The molecule has 0 aromatic heterocycles. The van der Waals surface area contributed by atoms with Crippen molar-refractivity contribution in [3.05, 3.63) is 34.6 Å². The monoisotopic (exact) mass is 228 g/mol. The minimum absolute atomic E-state index is 0.0273. The summed E-state index contributed by atoms with van der Waals surface area (Å²) >= 11 is 5.95. The Bertz CT molecular complexity index is 428. The lowest BCUT2D eigenvalue weighted by molar-refractivity contribution is 0.228. The van der Waals surface area contributed by atoms with Crippen LogP contribution in [0.3, 0.4) is 0 Å². The number of hydrogen-bond acceptors (Lipinski definition) is 2. The Morgan fingerprint density at radius 3 is 2.87 bits per heavy atom. The highest BCUT2D eigenvalue weighted by atomic mass is 35.5. The predicted octanol–water partition coefficient (Wildman–Crippen LogP) is 2.47. The molecule has 0 heterocycles. The van der Waals surface area contributed by atoms with Crippen LogP contribution in [0.25, 0.3) is 0 Å². The van der Waals surface area contributed by atoms with E-state index in [-0.39, 0.29) is 10.9 Å². The zero-order valence-corrected chi connectivity index (χ0v) is 8.55. The van der Waals surface area contributed by atoms with E-state index in [4.69, 9.17) is 18.2 Å². The smallest absolute Gasteiger partial charge is 0.189 e. The third-order valence-electron chi connectivity index (χ3n) is 2.75. The van der Waals surface area contributed by atoms with Crippen LogP contribution in [0.4, 0.5) is 4.39 Å². The summed E-state index contributed by atoms with van der Waals surface area (Å²) in [4.78, 5) is 0. The van der Waals surface area contributed by atoms with Gasteiger partial charge in [-0.1, -0.05) is 17.7 Å². The molecular weight excluding hydrogens is 219 g/mol. The van der Waals surface area contributed by atoms with E-state index in [9.17, 15) is 4.39 Å². The first kappa shape index (κ1) is 9.12. The fourth-order valence-corrected chi connectivity index (χ4v) is 2.14. The quantitative estimate of drug-likeness (QED) is 0.414. The van der Waals surface area contributed by atoms with Crippen LogP contribution >= 0.6 is 11.6 Å². The second kappa shape index (κ2) is 3.47. The van der Waals surface area contributed by atoms with E-state index in [0.717, 1.165) is 0 Å². The van der Waals surface area contributed by atoms with Crippen molar-refractivity contribution in [1.82, 2.24) is 5.48 Å². The van der Waals surface area contributed by atoms with Gasteiger partial charge in [0.1, 0.15) is 11.7 Å². The van der Waals surface area contributed by atoms with Crippen LogP contribution in [0.5, 0.6) is 0 Å². The Morgan fingerprint density at radius 2 is 2.40 bits per heavy atom. The summed E-state index contributed by atoms with van der Waals surface area (Å²) in [5, 5.41) is 12.3. The first-order chi connectivity index (χ1) is 7.65. The molecule has 0 radical (unpaired) electrons. The molecule has 1 aliphatic rings. The van der Waals surface area contributed by atoms with Gasteiger partial charge in [-0.25, -0.2) is 4.39 Å². The van der Waals surface area contributed by atoms with E-state index in [0.29, 0.717) is 18.4 Å². The van der Waals surface area contributed by atoms with Crippen LogP contribution in [0.15, 0.2) is 18.2 Å². The molecule has 0 unspecified atom stereocenters. The van der Waals surface area contributed by atoms with Crippen molar-refractivity contribution in [2.75, 3.05) is 0 Å². The molecular formula is C10H10ClFN2O. The third-order valence-corrected chi connectivity index (χ3v) is 3.07. The van der Waals surface area contributed by atoms with E-state index in [1.165, 1.54) is 12.1 Å². The van der Waals surface area contributed by atoms with E-state index in [2.05, 4.69) is 5.40 Å². The number of amidine groups is 1. The molecule has 1 aromatic carbocycles. The lowest BCUT2D eigenvalue weighted by atomic mass is 9.94. The number of hydroxylamine groups is 1. The van der Waals surface area contributed by atoms with Crippen molar-refractivity contribution in [3.8, 4) is 0 Å². The van der Waals surface area contributed by atoms with Crippen LogP contribution in [0.1, 0.15) is 18.4 Å². The van der Waals surface area contributed by atoms with Gasteiger partial charge in [0.25, 0.3) is 0 Å². The second-order valence-corrected chi connectivity index (χ2v) is 4.05. The molecule has 3 nitrogen and oxygen atoms in total. The Kier molecular flexibility index (Phi) is 2.11. The molecule has 80 valence electrons. The van der Waals surface area contributed by atoms with Gasteiger partial charge in [-0.15, -0.1) is 0 Å². The van der Waals surface area contributed by atoms with Crippen molar-refractivity contribution in [2.24, 2.45) is 0 Å². The minimum Gasteiger partial charge on any atom is -0.290 e. The van der Waals surface area contributed by atoms with Crippen LogP contribution in [-0.4, -0.2) is 11.0 Å². The van der Waals surface area contributed by atoms with Crippen LogP contribution < -0.4 is 5.48 Å². The first-order valence-electron chi connectivity index (χ1n) is 4.97. The minimum atomic E-state index is -0.765. The molecule has 1 aliphatic carbocycles. The van der Waals surface area contributed by atoms with Crippen molar-refractivity contribution in [2.45, 2.75) is 18.3 Å². The molecule has 2 rings (SSSR count). The fourth-order valence-electron chi connectivity index (χ4n) is 1.79. The predicted molar refractivity (Wildman–Crippen MR) is 55.0 cm³/mol. The van der Waals surface area contributed by atoms with E-state index < -0.39 is 11.2 Å². The number of benzene rings is 1. The highest BCUT2D eigenvalue weighted by molar-refractivity contribution is 6.32. The van der Waals surface area contributed by atoms with Gasteiger partial charge in [-0.2, -0.15) is 0 Å². The topological polar surface area (TPSA) is 56.1 Å². The molecule has 0 bridgehead atoms. The van der Waals surface area contributed by atoms with Crippen molar-refractivity contribution in [1.29, 1.82) is 5.40 Å². The molecule has 5 heteroatoms.